The van der Waals surface area contributed by atoms with Crippen molar-refractivity contribution < 1.29 is 14.3 Å². The molecule has 25 heavy (non-hydrogen) atoms. The van der Waals surface area contributed by atoms with Gasteiger partial charge < -0.3 is 15.0 Å². The highest BCUT2D eigenvalue weighted by atomic mass is 32.2. The van der Waals surface area contributed by atoms with E-state index in [0.29, 0.717) is 12.3 Å². The van der Waals surface area contributed by atoms with Crippen LogP contribution < -0.4 is 5.32 Å². The van der Waals surface area contributed by atoms with Crippen molar-refractivity contribution in [1.29, 1.82) is 0 Å². The summed E-state index contributed by atoms with van der Waals surface area (Å²) >= 11 is 1.65. The fraction of sp³-hybridized carbons (Fsp3) is 0.579. The third-order valence-electron chi connectivity index (χ3n) is 4.66. The molecule has 138 valence electrons. The molecule has 2 rings (SSSR count). The first-order chi connectivity index (χ1) is 12.1. The number of hydrogen-bond acceptors (Lipinski definition) is 4. The lowest BCUT2D eigenvalue weighted by Gasteiger charge is -2.33. The molecule has 0 radical (unpaired) electrons. The van der Waals surface area contributed by atoms with Gasteiger partial charge in [-0.05, 0) is 49.2 Å². The topological polar surface area (TPSA) is 58.6 Å². The molecule has 0 bridgehead atoms. The normalized spacial score (nSPS) is 16.3. The third kappa shape index (κ3) is 6.27. The summed E-state index contributed by atoms with van der Waals surface area (Å²) < 4.78 is 4.80. The number of rotatable bonds is 7. The van der Waals surface area contributed by atoms with Crippen molar-refractivity contribution in [3.8, 4) is 0 Å². The highest BCUT2D eigenvalue weighted by molar-refractivity contribution is 7.98. The SMILES string of the molecule is COC(=O)[C@H](CCSC)NC(=O)N1CCC(Cc2ccccc2)CC1. The molecule has 0 saturated carbocycles. The first-order valence-electron chi connectivity index (χ1n) is 8.80. The van der Waals surface area contributed by atoms with Crippen molar-refractivity contribution in [3.05, 3.63) is 35.9 Å². The number of thioether (sulfide) groups is 1. The van der Waals surface area contributed by atoms with Gasteiger partial charge in [0, 0.05) is 13.1 Å². The lowest BCUT2D eigenvalue weighted by molar-refractivity contribution is -0.142. The minimum absolute atomic E-state index is 0.158. The quantitative estimate of drug-likeness (QED) is 0.756. The molecule has 1 aromatic carbocycles. The average Bonchev–Trinajstić information content (AvgIpc) is 2.65. The van der Waals surface area contributed by atoms with Gasteiger partial charge in [-0.1, -0.05) is 30.3 Å². The van der Waals surface area contributed by atoms with Gasteiger partial charge in [-0.25, -0.2) is 9.59 Å². The number of amides is 2. The highest BCUT2D eigenvalue weighted by Gasteiger charge is 2.27. The van der Waals surface area contributed by atoms with Gasteiger partial charge in [-0.2, -0.15) is 11.8 Å². The number of ether oxygens (including phenoxy) is 1. The summed E-state index contributed by atoms with van der Waals surface area (Å²) in [4.78, 5) is 26.1. The van der Waals surface area contributed by atoms with Crippen LogP contribution in [-0.4, -0.2) is 55.2 Å². The van der Waals surface area contributed by atoms with E-state index >= 15 is 0 Å². The second kappa shape index (κ2) is 10.3. The summed E-state index contributed by atoms with van der Waals surface area (Å²) in [6.07, 6.45) is 5.62. The standard InChI is InChI=1S/C19H28N2O3S/c1-24-18(22)17(10-13-25-2)20-19(23)21-11-8-16(9-12-21)14-15-6-4-3-5-7-15/h3-7,16-17H,8-14H2,1-2H3,(H,20,23)/t17-/m0/s1. The summed E-state index contributed by atoms with van der Waals surface area (Å²) in [6, 6.07) is 9.77. The van der Waals surface area contributed by atoms with E-state index < -0.39 is 6.04 Å². The number of nitrogens with zero attached hydrogens (tertiary/aromatic N) is 1. The number of hydrogen-bond donors (Lipinski definition) is 1. The number of piperidine rings is 1. The molecule has 6 heteroatoms. The Morgan fingerprint density at radius 1 is 1.28 bits per heavy atom. The van der Waals surface area contributed by atoms with E-state index in [0.717, 1.165) is 38.1 Å². The maximum atomic E-state index is 12.5. The minimum atomic E-state index is -0.563. The molecule has 1 aliphatic heterocycles. The number of esters is 1. The van der Waals surface area contributed by atoms with E-state index in [1.54, 1.807) is 11.8 Å². The molecule has 0 unspecified atom stereocenters. The zero-order valence-electron chi connectivity index (χ0n) is 15.1. The van der Waals surface area contributed by atoms with Crippen LogP contribution in [0.15, 0.2) is 30.3 Å². The van der Waals surface area contributed by atoms with Crippen LogP contribution in [0, 0.1) is 5.92 Å². The number of urea groups is 1. The van der Waals surface area contributed by atoms with Gasteiger partial charge in [0.15, 0.2) is 0 Å². The Labute approximate surface area is 154 Å². The van der Waals surface area contributed by atoms with E-state index in [4.69, 9.17) is 4.74 Å². The number of carbonyl (C=O) groups excluding carboxylic acids is 2. The molecule has 0 spiro atoms. The highest BCUT2D eigenvalue weighted by Crippen LogP contribution is 2.21. The second-order valence-electron chi connectivity index (χ2n) is 6.43. The Hall–Kier alpha value is -1.69. The number of methoxy groups -OCH3 is 1. The smallest absolute Gasteiger partial charge is 0.328 e. The second-order valence-corrected chi connectivity index (χ2v) is 7.41. The number of benzene rings is 1. The van der Waals surface area contributed by atoms with Crippen LogP contribution >= 0.6 is 11.8 Å². The van der Waals surface area contributed by atoms with Crippen LogP contribution in [-0.2, 0) is 16.0 Å². The van der Waals surface area contributed by atoms with Crippen LogP contribution in [0.25, 0.3) is 0 Å². The van der Waals surface area contributed by atoms with Crippen molar-refractivity contribution in [3.63, 3.8) is 0 Å². The van der Waals surface area contributed by atoms with Crippen LogP contribution in [0.3, 0.4) is 0 Å². The van der Waals surface area contributed by atoms with Gasteiger partial charge in [0.1, 0.15) is 6.04 Å². The van der Waals surface area contributed by atoms with Gasteiger partial charge >= 0.3 is 12.0 Å². The van der Waals surface area contributed by atoms with E-state index in [9.17, 15) is 9.59 Å². The van der Waals surface area contributed by atoms with Crippen LogP contribution in [0.1, 0.15) is 24.8 Å². The lowest BCUT2D eigenvalue weighted by Crippen LogP contribution is -2.50. The maximum absolute atomic E-state index is 12.5. The maximum Gasteiger partial charge on any atom is 0.328 e. The van der Waals surface area contributed by atoms with Gasteiger partial charge in [0.25, 0.3) is 0 Å². The van der Waals surface area contributed by atoms with Crippen molar-refractivity contribution >= 4 is 23.8 Å². The zero-order valence-corrected chi connectivity index (χ0v) is 15.9. The van der Waals surface area contributed by atoms with Crippen LogP contribution in [0.4, 0.5) is 4.79 Å². The van der Waals surface area contributed by atoms with Crippen LogP contribution in [0.5, 0.6) is 0 Å². The summed E-state index contributed by atoms with van der Waals surface area (Å²) in [5.74, 6) is 1.04. The van der Waals surface area contributed by atoms with Gasteiger partial charge in [0.2, 0.25) is 0 Å². The third-order valence-corrected chi connectivity index (χ3v) is 5.31. The number of nitrogens with one attached hydrogen (secondary N) is 1. The Bertz CT molecular complexity index is 545. The molecule has 1 atom stereocenters. The Morgan fingerprint density at radius 3 is 2.56 bits per heavy atom. The fourth-order valence-electron chi connectivity index (χ4n) is 3.15. The number of likely N-dealkylation sites (tertiary alicyclic amines) is 1. The number of carbonyl (C=O) groups is 2. The molecule has 1 fully saturated rings. The Kier molecular flexibility index (Phi) is 8.12. The van der Waals surface area contributed by atoms with Gasteiger partial charge in [0.05, 0.1) is 7.11 Å². The molecule has 1 saturated heterocycles. The predicted octanol–water partition coefficient (Wildman–Crippen LogP) is 2.95. The molecule has 2 amide bonds. The molecule has 1 aromatic rings. The molecular formula is C19H28N2O3S. The first-order valence-corrected chi connectivity index (χ1v) is 10.2. The first kappa shape index (κ1) is 19.6. The molecule has 1 aliphatic rings. The molecule has 0 aromatic heterocycles. The monoisotopic (exact) mass is 364 g/mol. The molecule has 5 nitrogen and oxygen atoms in total. The van der Waals surface area contributed by atoms with E-state index in [1.807, 2.05) is 17.2 Å². The minimum Gasteiger partial charge on any atom is -0.467 e. The fourth-order valence-corrected chi connectivity index (χ4v) is 3.63. The molecule has 0 aliphatic carbocycles. The van der Waals surface area contributed by atoms with Gasteiger partial charge in [-0.15, -0.1) is 0 Å². The lowest BCUT2D eigenvalue weighted by atomic mass is 9.90. The van der Waals surface area contributed by atoms with Crippen molar-refractivity contribution in [2.75, 3.05) is 32.2 Å². The van der Waals surface area contributed by atoms with E-state index in [1.165, 1.54) is 12.7 Å². The van der Waals surface area contributed by atoms with Crippen LogP contribution in [0.2, 0.25) is 0 Å². The van der Waals surface area contributed by atoms with Gasteiger partial charge in [-0.3, -0.25) is 0 Å². The van der Waals surface area contributed by atoms with E-state index in [2.05, 4.69) is 29.6 Å². The van der Waals surface area contributed by atoms with E-state index in [-0.39, 0.29) is 12.0 Å². The predicted molar refractivity (Wildman–Crippen MR) is 102 cm³/mol. The summed E-state index contributed by atoms with van der Waals surface area (Å²) in [7, 11) is 1.36. The molecule has 1 N–H and O–H groups in total. The molecule has 1 heterocycles. The Balaban J connectivity index is 1.80. The average molecular weight is 365 g/mol. The zero-order chi connectivity index (χ0) is 18.1. The largest absolute Gasteiger partial charge is 0.467 e. The Morgan fingerprint density at radius 2 is 1.96 bits per heavy atom. The summed E-state index contributed by atoms with van der Waals surface area (Å²) in [6.45, 7) is 1.47. The summed E-state index contributed by atoms with van der Waals surface area (Å²) in [5, 5.41) is 2.84. The summed E-state index contributed by atoms with van der Waals surface area (Å²) in [5.41, 5.74) is 1.35. The van der Waals surface area contributed by atoms with Crippen molar-refractivity contribution in [1.82, 2.24) is 10.2 Å². The van der Waals surface area contributed by atoms with Crippen molar-refractivity contribution in [2.24, 2.45) is 5.92 Å². The van der Waals surface area contributed by atoms with Crippen molar-refractivity contribution in [2.45, 2.75) is 31.7 Å². The molecular weight excluding hydrogens is 336 g/mol.